The average molecular weight is 252 g/mol. The van der Waals surface area contributed by atoms with E-state index in [2.05, 4.69) is 0 Å². The van der Waals surface area contributed by atoms with E-state index in [-0.39, 0.29) is 17.5 Å². The van der Waals surface area contributed by atoms with Crippen molar-refractivity contribution < 1.29 is 23.9 Å². The Morgan fingerprint density at radius 2 is 2.06 bits per heavy atom. The molecule has 3 atom stereocenters. The van der Waals surface area contributed by atoms with Gasteiger partial charge in [-0.25, -0.2) is 0 Å². The average Bonchev–Trinajstić information content (AvgIpc) is 2.39. The Kier molecular flexibility index (Phi) is 3.21. The van der Waals surface area contributed by atoms with E-state index in [0.29, 0.717) is 18.3 Å². The number of allylic oxidation sites excluding steroid dienone is 1. The Morgan fingerprint density at radius 1 is 1.44 bits per heavy atom. The normalized spacial score (nSPS) is 33.2. The molecule has 0 heterocycles. The molecule has 0 amide bonds. The molecular formula is C13H16O5. The van der Waals surface area contributed by atoms with Gasteiger partial charge in [-0.1, -0.05) is 6.08 Å². The molecule has 0 aromatic heterocycles. The zero-order valence-electron chi connectivity index (χ0n) is 10.6. The Bertz CT molecular complexity index is 433. The molecular weight excluding hydrogens is 236 g/mol. The number of ketones is 2. The van der Waals surface area contributed by atoms with Crippen LogP contribution in [0.5, 0.6) is 0 Å². The topological polar surface area (TPSA) is 69.7 Å². The first-order chi connectivity index (χ1) is 8.51. The molecule has 1 fully saturated rings. The lowest BCUT2D eigenvalue weighted by atomic mass is 9.61. The summed E-state index contributed by atoms with van der Waals surface area (Å²) in [5, 5.41) is 0. The molecule has 0 aromatic carbocycles. The molecule has 0 spiro atoms. The van der Waals surface area contributed by atoms with Gasteiger partial charge >= 0.3 is 0 Å². The van der Waals surface area contributed by atoms with Crippen LogP contribution in [0, 0.1) is 17.8 Å². The number of fused-ring (bicyclic) bond motifs is 2. The lowest BCUT2D eigenvalue weighted by molar-refractivity contribution is -0.240. The van der Waals surface area contributed by atoms with Gasteiger partial charge in [-0.05, 0) is 18.9 Å². The molecule has 5 heteroatoms. The third-order valence-corrected chi connectivity index (χ3v) is 4.07. The van der Waals surface area contributed by atoms with Crippen molar-refractivity contribution >= 4 is 17.9 Å². The molecule has 2 bridgehead atoms. The number of hydrogen-bond donors (Lipinski definition) is 0. The van der Waals surface area contributed by atoms with Crippen LogP contribution >= 0.6 is 0 Å². The fourth-order valence-corrected chi connectivity index (χ4v) is 3.12. The zero-order chi connectivity index (χ0) is 13.5. The minimum Gasteiger partial charge on any atom is -0.346 e. The number of carbonyl (C=O) groups is 3. The minimum absolute atomic E-state index is 0.0413. The number of ether oxygens (including phenoxy) is 2. The van der Waals surface area contributed by atoms with Crippen LogP contribution in [0.25, 0.3) is 0 Å². The highest BCUT2D eigenvalue weighted by atomic mass is 16.7. The predicted molar refractivity (Wildman–Crippen MR) is 61.7 cm³/mol. The van der Waals surface area contributed by atoms with Gasteiger partial charge in [0.2, 0.25) is 5.79 Å². The van der Waals surface area contributed by atoms with E-state index >= 15 is 0 Å². The Hall–Kier alpha value is -1.33. The van der Waals surface area contributed by atoms with Crippen LogP contribution < -0.4 is 0 Å². The Labute approximate surface area is 105 Å². The van der Waals surface area contributed by atoms with E-state index in [4.69, 9.17) is 9.47 Å². The molecule has 0 aliphatic heterocycles. The Balaban J connectivity index is 2.52. The maximum atomic E-state index is 12.4. The van der Waals surface area contributed by atoms with Crippen molar-refractivity contribution in [3.05, 3.63) is 11.6 Å². The van der Waals surface area contributed by atoms with Crippen molar-refractivity contribution in [2.75, 3.05) is 14.2 Å². The van der Waals surface area contributed by atoms with Crippen molar-refractivity contribution in [1.82, 2.24) is 0 Å². The largest absolute Gasteiger partial charge is 0.346 e. The lowest BCUT2D eigenvalue weighted by Crippen LogP contribution is -2.61. The summed E-state index contributed by atoms with van der Waals surface area (Å²) >= 11 is 0. The van der Waals surface area contributed by atoms with E-state index in [9.17, 15) is 14.4 Å². The standard InChI is InChI=1S/C13H16O5/c1-7(15)9-5-11-8(6-14)4-10(9)12(16)13(11,17-2)18-3/h4,6,9-11H,5H2,1-3H3. The van der Waals surface area contributed by atoms with Gasteiger partial charge in [0, 0.05) is 26.1 Å². The summed E-state index contributed by atoms with van der Waals surface area (Å²) in [6.45, 7) is 1.47. The number of Topliss-reactive ketones (excluding diaryl/α,β-unsaturated/α-hetero) is 2. The summed E-state index contributed by atoms with van der Waals surface area (Å²) in [6.07, 6.45) is 2.72. The van der Waals surface area contributed by atoms with Crippen LogP contribution in [0.2, 0.25) is 0 Å². The first-order valence-electron chi connectivity index (χ1n) is 5.83. The third kappa shape index (κ3) is 1.51. The van der Waals surface area contributed by atoms with Gasteiger partial charge in [0.05, 0.1) is 5.92 Å². The summed E-state index contributed by atoms with van der Waals surface area (Å²) in [6, 6.07) is 0. The van der Waals surface area contributed by atoms with Crippen molar-refractivity contribution in [2.45, 2.75) is 19.1 Å². The zero-order valence-corrected chi connectivity index (χ0v) is 10.6. The number of carbonyl (C=O) groups excluding carboxylic acids is 3. The van der Waals surface area contributed by atoms with Gasteiger partial charge in [-0.15, -0.1) is 0 Å². The van der Waals surface area contributed by atoms with Crippen molar-refractivity contribution in [3.63, 3.8) is 0 Å². The van der Waals surface area contributed by atoms with Crippen LogP contribution in [0.3, 0.4) is 0 Å². The molecule has 1 saturated carbocycles. The van der Waals surface area contributed by atoms with Gasteiger partial charge in [0.1, 0.15) is 12.1 Å². The van der Waals surface area contributed by atoms with E-state index in [1.165, 1.54) is 21.1 Å². The third-order valence-electron chi connectivity index (χ3n) is 4.07. The fraction of sp³-hybridized carbons (Fsp3) is 0.615. The van der Waals surface area contributed by atoms with E-state index in [1.54, 1.807) is 6.08 Å². The molecule has 0 aromatic rings. The second kappa shape index (κ2) is 4.40. The molecule has 0 saturated heterocycles. The summed E-state index contributed by atoms with van der Waals surface area (Å²) in [5.41, 5.74) is 0.487. The van der Waals surface area contributed by atoms with Gasteiger partial charge in [0.15, 0.2) is 5.78 Å². The number of rotatable bonds is 4. The molecule has 0 radical (unpaired) electrons. The van der Waals surface area contributed by atoms with Gasteiger partial charge in [-0.3, -0.25) is 14.4 Å². The van der Waals surface area contributed by atoms with Crippen LogP contribution in [0.15, 0.2) is 11.6 Å². The van der Waals surface area contributed by atoms with Crippen LogP contribution in [0.1, 0.15) is 13.3 Å². The quantitative estimate of drug-likeness (QED) is 0.539. The summed E-state index contributed by atoms with van der Waals surface area (Å²) in [7, 11) is 2.76. The van der Waals surface area contributed by atoms with Crippen LogP contribution in [-0.2, 0) is 23.9 Å². The molecule has 3 rings (SSSR count). The highest BCUT2D eigenvalue weighted by Gasteiger charge is 2.60. The molecule has 3 unspecified atom stereocenters. The van der Waals surface area contributed by atoms with Gasteiger partial charge in [-0.2, -0.15) is 0 Å². The maximum Gasteiger partial charge on any atom is 0.236 e. The second-order valence-electron chi connectivity index (χ2n) is 4.76. The number of hydrogen-bond acceptors (Lipinski definition) is 5. The first kappa shape index (κ1) is 13.1. The van der Waals surface area contributed by atoms with E-state index in [0.717, 1.165) is 0 Å². The predicted octanol–water partition coefficient (Wildman–Crippen LogP) is 0.525. The molecule has 3 aliphatic rings. The highest BCUT2D eigenvalue weighted by Crippen LogP contribution is 2.49. The second-order valence-corrected chi connectivity index (χ2v) is 4.76. The Morgan fingerprint density at radius 3 is 2.50 bits per heavy atom. The minimum atomic E-state index is -1.42. The first-order valence-corrected chi connectivity index (χ1v) is 5.83. The molecule has 5 nitrogen and oxygen atoms in total. The van der Waals surface area contributed by atoms with Gasteiger partial charge < -0.3 is 9.47 Å². The summed E-state index contributed by atoms with van der Waals surface area (Å²) in [5.74, 6) is -3.22. The molecule has 98 valence electrons. The number of methoxy groups -OCH3 is 2. The molecule has 18 heavy (non-hydrogen) atoms. The molecule has 0 N–H and O–H groups in total. The van der Waals surface area contributed by atoms with Crippen molar-refractivity contribution in [1.29, 1.82) is 0 Å². The monoisotopic (exact) mass is 252 g/mol. The highest BCUT2D eigenvalue weighted by molar-refractivity contribution is 6.00. The lowest BCUT2D eigenvalue weighted by Gasteiger charge is -2.48. The van der Waals surface area contributed by atoms with E-state index in [1.807, 2.05) is 0 Å². The van der Waals surface area contributed by atoms with Crippen LogP contribution in [0.4, 0.5) is 0 Å². The van der Waals surface area contributed by atoms with Crippen molar-refractivity contribution in [3.8, 4) is 0 Å². The van der Waals surface area contributed by atoms with Crippen molar-refractivity contribution in [2.24, 2.45) is 17.8 Å². The van der Waals surface area contributed by atoms with Crippen LogP contribution in [-0.4, -0.2) is 37.9 Å². The molecule has 3 aliphatic carbocycles. The fourth-order valence-electron chi connectivity index (χ4n) is 3.12. The SMILES string of the molecule is COC1(OC)C(=O)C2C=C(C=O)C1CC2C(C)=O. The maximum absolute atomic E-state index is 12.4. The smallest absolute Gasteiger partial charge is 0.236 e. The number of aldehydes is 1. The summed E-state index contributed by atoms with van der Waals surface area (Å²) < 4.78 is 10.5. The summed E-state index contributed by atoms with van der Waals surface area (Å²) in [4.78, 5) is 35.0. The van der Waals surface area contributed by atoms with Gasteiger partial charge in [0.25, 0.3) is 0 Å². The van der Waals surface area contributed by atoms with E-state index < -0.39 is 17.6 Å².